The molecule has 2 bridgehead atoms. The van der Waals surface area contributed by atoms with E-state index in [1.165, 1.54) is 25.7 Å². The average Bonchev–Trinajstić information content (AvgIpc) is 3.10. The van der Waals surface area contributed by atoms with E-state index < -0.39 is 6.04 Å². The van der Waals surface area contributed by atoms with Crippen molar-refractivity contribution in [2.75, 3.05) is 0 Å². The predicted molar refractivity (Wildman–Crippen MR) is 81.6 cm³/mol. The second-order valence-corrected chi connectivity index (χ2v) is 7.36. The largest absolute Gasteiger partial charge is 0.351 e. The Morgan fingerprint density at radius 1 is 1.00 bits per heavy atom. The standard InChI is InChI=1S/C17H28N2O2/c1-11(18-17(21)13-5-3-2-4-6-13)16(20)19-15-10-12-7-8-14(15)9-12/h11-15H,2-10H2,1H3,(H,18,21)(H,19,20). The van der Waals surface area contributed by atoms with Crippen LogP contribution in [-0.4, -0.2) is 23.9 Å². The molecule has 118 valence electrons. The number of carbonyl (C=O) groups excluding carboxylic acids is 2. The Labute approximate surface area is 127 Å². The highest BCUT2D eigenvalue weighted by Crippen LogP contribution is 2.44. The first kappa shape index (κ1) is 14.9. The van der Waals surface area contributed by atoms with Gasteiger partial charge in [-0.05, 0) is 50.9 Å². The van der Waals surface area contributed by atoms with Crippen LogP contribution in [-0.2, 0) is 9.59 Å². The summed E-state index contributed by atoms with van der Waals surface area (Å²) in [5.74, 6) is 1.70. The molecule has 3 aliphatic carbocycles. The zero-order chi connectivity index (χ0) is 14.8. The SMILES string of the molecule is CC(NC(=O)C1CCCCC1)C(=O)NC1CC2CCC1C2. The van der Waals surface area contributed by atoms with Gasteiger partial charge >= 0.3 is 0 Å². The summed E-state index contributed by atoms with van der Waals surface area (Å²) in [5, 5.41) is 6.08. The van der Waals surface area contributed by atoms with Gasteiger partial charge < -0.3 is 10.6 Å². The second-order valence-electron chi connectivity index (χ2n) is 7.36. The van der Waals surface area contributed by atoms with Gasteiger partial charge in [0.25, 0.3) is 0 Å². The zero-order valence-electron chi connectivity index (χ0n) is 13.1. The van der Waals surface area contributed by atoms with Crippen LogP contribution in [0.4, 0.5) is 0 Å². The minimum Gasteiger partial charge on any atom is -0.351 e. The molecule has 3 fully saturated rings. The first-order valence-electron chi connectivity index (χ1n) is 8.74. The maximum Gasteiger partial charge on any atom is 0.242 e. The molecule has 3 rings (SSSR count). The molecule has 0 saturated heterocycles. The fourth-order valence-electron chi connectivity index (χ4n) is 4.49. The van der Waals surface area contributed by atoms with E-state index in [2.05, 4.69) is 10.6 Å². The Morgan fingerprint density at radius 2 is 1.76 bits per heavy atom. The second kappa shape index (κ2) is 6.37. The quantitative estimate of drug-likeness (QED) is 0.836. The van der Waals surface area contributed by atoms with Crippen molar-refractivity contribution in [1.82, 2.24) is 10.6 Å². The molecule has 4 nitrogen and oxygen atoms in total. The van der Waals surface area contributed by atoms with Crippen LogP contribution in [0.1, 0.15) is 64.7 Å². The third-order valence-corrected chi connectivity index (χ3v) is 5.79. The van der Waals surface area contributed by atoms with Gasteiger partial charge in [-0.1, -0.05) is 25.7 Å². The molecule has 0 aromatic rings. The van der Waals surface area contributed by atoms with Gasteiger partial charge in [-0.25, -0.2) is 0 Å². The van der Waals surface area contributed by atoms with Crippen molar-refractivity contribution < 1.29 is 9.59 Å². The Hall–Kier alpha value is -1.06. The lowest BCUT2D eigenvalue weighted by Gasteiger charge is -2.26. The van der Waals surface area contributed by atoms with Crippen LogP contribution in [0.5, 0.6) is 0 Å². The van der Waals surface area contributed by atoms with Crippen molar-refractivity contribution in [2.24, 2.45) is 17.8 Å². The lowest BCUT2D eigenvalue weighted by molar-refractivity contribution is -0.131. The Kier molecular flexibility index (Phi) is 4.51. The Morgan fingerprint density at radius 3 is 2.38 bits per heavy atom. The topological polar surface area (TPSA) is 58.2 Å². The summed E-state index contributed by atoms with van der Waals surface area (Å²) in [7, 11) is 0. The van der Waals surface area contributed by atoms with Gasteiger partial charge in [0.2, 0.25) is 11.8 Å². The van der Waals surface area contributed by atoms with E-state index in [0.717, 1.165) is 38.0 Å². The van der Waals surface area contributed by atoms with E-state index in [-0.39, 0.29) is 17.7 Å². The fourth-order valence-corrected chi connectivity index (χ4v) is 4.49. The first-order valence-corrected chi connectivity index (χ1v) is 8.74. The van der Waals surface area contributed by atoms with Crippen LogP contribution in [0.25, 0.3) is 0 Å². The van der Waals surface area contributed by atoms with E-state index in [9.17, 15) is 9.59 Å². The molecule has 4 unspecified atom stereocenters. The lowest BCUT2D eigenvalue weighted by Crippen LogP contribution is -2.50. The Bertz CT molecular complexity index is 404. The Balaban J connectivity index is 1.44. The van der Waals surface area contributed by atoms with E-state index in [0.29, 0.717) is 12.0 Å². The van der Waals surface area contributed by atoms with Crippen LogP contribution < -0.4 is 10.6 Å². The number of amides is 2. The zero-order valence-corrected chi connectivity index (χ0v) is 13.1. The molecule has 4 heteroatoms. The third kappa shape index (κ3) is 3.41. The van der Waals surface area contributed by atoms with Crippen LogP contribution in [0.3, 0.4) is 0 Å². The number of nitrogens with one attached hydrogen (secondary N) is 2. The van der Waals surface area contributed by atoms with Crippen molar-refractivity contribution in [3.63, 3.8) is 0 Å². The first-order chi connectivity index (χ1) is 10.1. The van der Waals surface area contributed by atoms with Crippen molar-refractivity contribution in [1.29, 1.82) is 0 Å². The highest BCUT2D eigenvalue weighted by Gasteiger charge is 2.40. The molecule has 0 radical (unpaired) electrons. The molecule has 4 atom stereocenters. The van der Waals surface area contributed by atoms with Crippen molar-refractivity contribution in [3.05, 3.63) is 0 Å². The molecule has 0 aromatic carbocycles. The number of rotatable bonds is 4. The minimum absolute atomic E-state index is 0.00305. The molecule has 2 amide bonds. The number of carbonyl (C=O) groups is 2. The molecule has 0 spiro atoms. The molecule has 21 heavy (non-hydrogen) atoms. The van der Waals surface area contributed by atoms with E-state index in [4.69, 9.17) is 0 Å². The number of hydrogen-bond acceptors (Lipinski definition) is 2. The summed E-state index contributed by atoms with van der Waals surface area (Å²) in [5.41, 5.74) is 0. The van der Waals surface area contributed by atoms with E-state index >= 15 is 0 Å². The lowest BCUT2D eigenvalue weighted by atomic mass is 9.88. The molecular formula is C17H28N2O2. The highest BCUT2D eigenvalue weighted by atomic mass is 16.2. The number of fused-ring (bicyclic) bond motifs is 2. The van der Waals surface area contributed by atoms with Gasteiger partial charge in [-0.15, -0.1) is 0 Å². The summed E-state index contributed by atoms with van der Waals surface area (Å²) < 4.78 is 0. The van der Waals surface area contributed by atoms with Crippen molar-refractivity contribution in [2.45, 2.75) is 76.8 Å². The van der Waals surface area contributed by atoms with Crippen LogP contribution in [0.15, 0.2) is 0 Å². The van der Waals surface area contributed by atoms with E-state index in [1.54, 1.807) is 0 Å². The fraction of sp³-hybridized carbons (Fsp3) is 0.882. The number of hydrogen-bond donors (Lipinski definition) is 2. The molecule has 0 aliphatic heterocycles. The van der Waals surface area contributed by atoms with Crippen molar-refractivity contribution >= 4 is 11.8 Å². The van der Waals surface area contributed by atoms with Gasteiger partial charge in [-0.3, -0.25) is 9.59 Å². The third-order valence-electron chi connectivity index (χ3n) is 5.79. The minimum atomic E-state index is -0.404. The molecule has 3 saturated carbocycles. The maximum atomic E-state index is 12.3. The highest BCUT2D eigenvalue weighted by molar-refractivity contribution is 5.88. The summed E-state index contributed by atoms with van der Waals surface area (Å²) in [6.45, 7) is 1.81. The van der Waals surface area contributed by atoms with Crippen LogP contribution in [0.2, 0.25) is 0 Å². The summed E-state index contributed by atoms with van der Waals surface area (Å²) in [6, 6.07) is -0.0520. The smallest absolute Gasteiger partial charge is 0.242 e. The molecule has 0 heterocycles. The van der Waals surface area contributed by atoms with Crippen LogP contribution in [0, 0.1) is 17.8 Å². The van der Waals surface area contributed by atoms with Gasteiger partial charge in [0, 0.05) is 12.0 Å². The van der Waals surface area contributed by atoms with Gasteiger partial charge in [0.15, 0.2) is 0 Å². The van der Waals surface area contributed by atoms with Gasteiger partial charge in [0.05, 0.1) is 0 Å². The van der Waals surface area contributed by atoms with Crippen LogP contribution >= 0.6 is 0 Å². The van der Waals surface area contributed by atoms with Gasteiger partial charge in [-0.2, -0.15) is 0 Å². The predicted octanol–water partition coefficient (Wildman–Crippen LogP) is 2.38. The van der Waals surface area contributed by atoms with Gasteiger partial charge in [0.1, 0.15) is 6.04 Å². The average molecular weight is 292 g/mol. The normalized spacial score (nSPS) is 33.7. The van der Waals surface area contributed by atoms with E-state index in [1.807, 2.05) is 6.92 Å². The van der Waals surface area contributed by atoms with Crippen molar-refractivity contribution in [3.8, 4) is 0 Å². The molecular weight excluding hydrogens is 264 g/mol. The molecule has 0 aromatic heterocycles. The summed E-state index contributed by atoms with van der Waals surface area (Å²) >= 11 is 0. The summed E-state index contributed by atoms with van der Waals surface area (Å²) in [4.78, 5) is 24.5. The molecule has 2 N–H and O–H groups in total. The molecule has 3 aliphatic rings. The maximum absolute atomic E-state index is 12.3. The monoisotopic (exact) mass is 292 g/mol. The summed E-state index contributed by atoms with van der Waals surface area (Å²) in [6.07, 6.45) is 10.5.